The summed E-state index contributed by atoms with van der Waals surface area (Å²) in [5.41, 5.74) is 1.86. The van der Waals surface area contributed by atoms with Gasteiger partial charge in [-0.05, 0) is 35.1 Å². The van der Waals surface area contributed by atoms with Crippen molar-refractivity contribution in [3.05, 3.63) is 64.7 Å². The number of ether oxygens (including phenoxy) is 1. The van der Waals surface area contributed by atoms with E-state index >= 15 is 0 Å². The predicted molar refractivity (Wildman–Crippen MR) is 99.8 cm³/mol. The molecule has 0 spiro atoms. The highest BCUT2D eigenvalue weighted by Gasteiger charge is 2.28. The smallest absolute Gasteiger partial charge is 0.319 e. The summed E-state index contributed by atoms with van der Waals surface area (Å²) >= 11 is 5.96. The maximum absolute atomic E-state index is 12.9. The fraction of sp³-hybridized carbons (Fsp3) is 0.381. The summed E-state index contributed by atoms with van der Waals surface area (Å²) < 4.78 is 5.81. The highest BCUT2D eigenvalue weighted by Crippen LogP contribution is 2.33. The molecule has 0 aliphatic rings. The van der Waals surface area contributed by atoms with E-state index in [-0.39, 0.29) is 23.2 Å². The third-order valence-corrected chi connectivity index (χ3v) is 4.31. The molecule has 1 atom stereocenters. The van der Waals surface area contributed by atoms with Crippen LogP contribution in [0.4, 0.5) is 0 Å². The molecule has 2 nitrogen and oxygen atoms in total. The Labute approximate surface area is 149 Å². The first-order valence-corrected chi connectivity index (χ1v) is 8.64. The summed E-state index contributed by atoms with van der Waals surface area (Å²) in [4.78, 5) is 12.9. The molecule has 0 saturated carbocycles. The number of esters is 1. The lowest BCUT2D eigenvalue weighted by Gasteiger charge is -2.24. The summed E-state index contributed by atoms with van der Waals surface area (Å²) in [6.45, 7) is 10.4. The molecule has 0 N–H and O–H groups in total. The molecule has 0 aromatic heterocycles. The molecule has 0 heterocycles. The second-order valence-electron chi connectivity index (χ2n) is 7.44. The van der Waals surface area contributed by atoms with Gasteiger partial charge in [-0.2, -0.15) is 0 Å². The third-order valence-electron chi connectivity index (χ3n) is 4.06. The second-order valence-corrected chi connectivity index (χ2v) is 7.88. The molecule has 24 heavy (non-hydrogen) atoms. The molecule has 2 rings (SSSR count). The number of benzene rings is 2. The zero-order valence-corrected chi connectivity index (χ0v) is 15.7. The Morgan fingerprint density at radius 1 is 1.00 bits per heavy atom. The van der Waals surface area contributed by atoms with Crippen molar-refractivity contribution in [1.82, 2.24) is 0 Å². The van der Waals surface area contributed by atoms with Gasteiger partial charge >= 0.3 is 5.97 Å². The van der Waals surface area contributed by atoms with Crippen molar-refractivity contribution < 1.29 is 9.53 Å². The zero-order valence-electron chi connectivity index (χ0n) is 15.0. The predicted octanol–water partition coefficient (Wildman–Crippen LogP) is 5.98. The molecule has 3 heteroatoms. The quantitative estimate of drug-likeness (QED) is 0.503. The van der Waals surface area contributed by atoms with Crippen molar-refractivity contribution >= 4 is 17.6 Å². The van der Waals surface area contributed by atoms with Gasteiger partial charge in [0.25, 0.3) is 0 Å². The number of para-hydroxylation sites is 1. The Morgan fingerprint density at radius 3 is 2.12 bits per heavy atom. The molecular formula is C21H25ClO2. The van der Waals surface area contributed by atoms with Crippen LogP contribution in [0.15, 0.2) is 48.5 Å². The van der Waals surface area contributed by atoms with Crippen LogP contribution in [-0.2, 0) is 10.2 Å². The molecule has 128 valence electrons. The van der Waals surface area contributed by atoms with Crippen LogP contribution in [0.3, 0.4) is 0 Å². The standard InChI is InChI=1S/C21H25ClO2/c1-14(2)19(15-10-12-16(22)13-11-15)20(23)24-18-9-7-6-8-17(18)21(3,4)5/h6-14,19H,1-5H3/t19-/m1/s1. The van der Waals surface area contributed by atoms with Crippen LogP contribution >= 0.6 is 11.6 Å². The van der Waals surface area contributed by atoms with Crippen LogP contribution in [0.5, 0.6) is 5.75 Å². The van der Waals surface area contributed by atoms with E-state index in [0.717, 1.165) is 11.1 Å². The van der Waals surface area contributed by atoms with E-state index in [1.807, 2.05) is 62.4 Å². The van der Waals surface area contributed by atoms with Gasteiger partial charge in [0.1, 0.15) is 5.75 Å². The number of carbonyl (C=O) groups excluding carboxylic acids is 1. The van der Waals surface area contributed by atoms with Crippen molar-refractivity contribution in [2.24, 2.45) is 5.92 Å². The van der Waals surface area contributed by atoms with Crippen molar-refractivity contribution in [2.45, 2.75) is 46.0 Å². The van der Waals surface area contributed by atoms with Crippen molar-refractivity contribution in [2.75, 3.05) is 0 Å². The van der Waals surface area contributed by atoms with Crippen molar-refractivity contribution in [1.29, 1.82) is 0 Å². The second kappa shape index (κ2) is 7.40. The Kier molecular flexibility index (Phi) is 5.71. The molecule has 2 aromatic rings. The lowest BCUT2D eigenvalue weighted by molar-refractivity contribution is -0.137. The van der Waals surface area contributed by atoms with Gasteiger partial charge in [-0.25, -0.2) is 0 Å². The largest absolute Gasteiger partial charge is 0.426 e. The molecule has 0 amide bonds. The number of carbonyl (C=O) groups is 1. The van der Waals surface area contributed by atoms with E-state index < -0.39 is 0 Å². The summed E-state index contributed by atoms with van der Waals surface area (Å²) in [5, 5.41) is 0.660. The van der Waals surface area contributed by atoms with E-state index in [0.29, 0.717) is 10.8 Å². The fourth-order valence-electron chi connectivity index (χ4n) is 2.81. The summed E-state index contributed by atoms with van der Waals surface area (Å²) in [6.07, 6.45) is 0. The highest BCUT2D eigenvalue weighted by atomic mass is 35.5. The van der Waals surface area contributed by atoms with Gasteiger partial charge in [0, 0.05) is 10.6 Å². The van der Waals surface area contributed by atoms with E-state index in [1.165, 1.54) is 0 Å². The first-order valence-electron chi connectivity index (χ1n) is 8.27. The first kappa shape index (κ1) is 18.5. The number of hydrogen-bond donors (Lipinski definition) is 0. The van der Waals surface area contributed by atoms with Crippen LogP contribution in [0, 0.1) is 5.92 Å². The van der Waals surface area contributed by atoms with Gasteiger partial charge in [-0.1, -0.05) is 76.6 Å². The fourth-order valence-corrected chi connectivity index (χ4v) is 2.94. The zero-order chi connectivity index (χ0) is 17.9. The maximum Gasteiger partial charge on any atom is 0.319 e. The molecule has 0 aliphatic heterocycles. The van der Waals surface area contributed by atoms with Gasteiger partial charge < -0.3 is 4.74 Å². The highest BCUT2D eigenvalue weighted by molar-refractivity contribution is 6.30. The summed E-state index contributed by atoms with van der Waals surface area (Å²) in [5.74, 6) is 0.203. The molecule has 0 radical (unpaired) electrons. The van der Waals surface area contributed by atoms with Crippen molar-refractivity contribution in [3.63, 3.8) is 0 Å². The van der Waals surface area contributed by atoms with Crippen LogP contribution in [0.1, 0.15) is 51.7 Å². The average molecular weight is 345 g/mol. The molecule has 0 saturated heterocycles. The average Bonchev–Trinajstić information content (AvgIpc) is 2.48. The van der Waals surface area contributed by atoms with Crippen LogP contribution in [0.25, 0.3) is 0 Å². The number of halogens is 1. The lowest BCUT2D eigenvalue weighted by atomic mass is 9.86. The normalized spacial score (nSPS) is 13.0. The summed E-state index contributed by atoms with van der Waals surface area (Å²) in [7, 11) is 0. The Balaban J connectivity index is 2.31. The third kappa shape index (κ3) is 4.39. The number of hydrogen-bond acceptors (Lipinski definition) is 2. The van der Waals surface area contributed by atoms with Gasteiger partial charge in [0.15, 0.2) is 0 Å². The van der Waals surface area contributed by atoms with E-state index in [2.05, 4.69) is 20.8 Å². The Hall–Kier alpha value is -1.80. The maximum atomic E-state index is 12.9. The van der Waals surface area contributed by atoms with Gasteiger partial charge in [0.2, 0.25) is 0 Å². The van der Waals surface area contributed by atoms with Crippen LogP contribution in [-0.4, -0.2) is 5.97 Å². The lowest BCUT2D eigenvalue weighted by Crippen LogP contribution is -2.24. The first-order chi connectivity index (χ1) is 11.2. The molecule has 0 bridgehead atoms. The van der Waals surface area contributed by atoms with Crippen LogP contribution < -0.4 is 4.74 Å². The SMILES string of the molecule is CC(C)[C@@H](C(=O)Oc1ccccc1C(C)(C)C)c1ccc(Cl)cc1. The topological polar surface area (TPSA) is 26.3 Å². The Morgan fingerprint density at radius 2 is 1.58 bits per heavy atom. The Bertz CT molecular complexity index is 697. The minimum absolute atomic E-state index is 0.0928. The van der Waals surface area contributed by atoms with Gasteiger partial charge in [0.05, 0.1) is 5.92 Å². The monoisotopic (exact) mass is 344 g/mol. The van der Waals surface area contributed by atoms with Crippen LogP contribution in [0.2, 0.25) is 5.02 Å². The number of rotatable bonds is 4. The van der Waals surface area contributed by atoms with E-state index in [4.69, 9.17) is 16.3 Å². The van der Waals surface area contributed by atoms with E-state index in [9.17, 15) is 4.79 Å². The molecular weight excluding hydrogens is 320 g/mol. The minimum Gasteiger partial charge on any atom is -0.426 e. The van der Waals surface area contributed by atoms with Crippen molar-refractivity contribution in [3.8, 4) is 5.75 Å². The molecule has 0 aliphatic carbocycles. The van der Waals surface area contributed by atoms with Gasteiger partial charge in [-0.3, -0.25) is 4.79 Å². The molecule has 0 unspecified atom stereocenters. The van der Waals surface area contributed by atoms with E-state index in [1.54, 1.807) is 0 Å². The minimum atomic E-state index is -0.324. The molecule has 0 fully saturated rings. The summed E-state index contributed by atoms with van der Waals surface area (Å²) in [6, 6.07) is 15.1. The molecule has 2 aromatic carbocycles. The van der Waals surface area contributed by atoms with Gasteiger partial charge in [-0.15, -0.1) is 0 Å².